The van der Waals surface area contributed by atoms with E-state index in [1.54, 1.807) is 0 Å². The quantitative estimate of drug-likeness (QED) is 0.702. The van der Waals surface area contributed by atoms with E-state index in [1.165, 1.54) is 19.2 Å². The van der Waals surface area contributed by atoms with Crippen LogP contribution in [0.1, 0.15) is 43.0 Å². The molecule has 0 bridgehead atoms. The maximum absolute atomic E-state index is 12.6. The summed E-state index contributed by atoms with van der Waals surface area (Å²) in [6, 6.07) is 11.2. The molecule has 7 heteroatoms. The van der Waals surface area contributed by atoms with Crippen LogP contribution >= 0.6 is 0 Å². The van der Waals surface area contributed by atoms with Crippen LogP contribution in [-0.4, -0.2) is 25.0 Å². The number of hydrogen-bond acceptors (Lipinski definition) is 3. The van der Waals surface area contributed by atoms with Crippen molar-refractivity contribution < 1.29 is 27.5 Å². The van der Waals surface area contributed by atoms with E-state index in [-0.39, 0.29) is 18.3 Å². The molecule has 1 N–H and O–H groups in total. The van der Waals surface area contributed by atoms with Crippen molar-refractivity contribution in [3.63, 3.8) is 0 Å². The standard InChI is InChI=1S/C23H26F3NO3/c1-22(2,3)17-9-5-15(6-10-17)13-19(21(29)30-4)27-20(28)14-16-7-11-18(12-8-16)23(24,25)26/h5-12,19H,13-14H2,1-4H3,(H,27,28)/t19-/m1/s1. The van der Waals surface area contributed by atoms with Crippen LogP contribution in [-0.2, 0) is 38.8 Å². The number of carbonyl (C=O) groups excluding carboxylic acids is 2. The highest BCUT2D eigenvalue weighted by molar-refractivity contribution is 5.85. The summed E-state index contributed by atoms with van der Waals surface area (Å²) in [5.41, 5.74) is 1.63. The molecular weight excluding hydrogens is 395 g/mol. The fourth-order valence-electron chi connectivity index (χ4n) is 2.95. The summed E-state index contributed by atoms with van der Waals surface area (Å²) in [5.74, 6) is -1.06. The molecule has 2 aromatic carbocycles. The number of esters is 1. The van der Waals surface area contributed by atoms with Gasteiger partial charge in [-0.15, -0.1) is 0 Å². The molecule has 0 aliphatic rings. The van der Waals surface area contributed by atoms with Gasteiger partial charge in [-0.05, 0) is 34.2 Å². The molecule has 0 heterocycles. The number of alkyl halides is 3. The van der Waals surface area contributed by atoms with Gasteiger partial charge in [-0.1, -0.05) is 57.2 Å². The zero-order chi connectivity index (χ0) is 22.5. The molecule has 2 rings (SSSR count). The van der Waals surface area contributed by atoms with Crippen LogP contribution in [0.3, 0.4) is 0 Å². The Kier molecular flexibility index (Phi) is 7.29. The topological polar surface area (TPSA) is 55.4 Å². The van der Waals surface area contributed by atoms with Crippen molar-refractivity contribution in [2.75, 3.05) is 7.11 Å². The highest BCUT2D eigenvalue weighted by atomic mass is 19.4. The number of halogens is 3. The molecule has 2 aromatic rings. The Hall–Kier alpha value is -2.83. The molecule has 162 valence electrons. The third kappa shape index (κ3) is 6.61. The zero-order valence-corrected chi connectivity index (χ0v) is 17.5. The van der Waals surface area contributed by atoms with Crippen LogP contribution in [0, 0.1) is 0 Å². The predicted molar refractivity (Wildman–Crippen MR) is 108 cm³/mol. The Morgan fingerprint density at radius 1 is 0.900 bits per heavy atom. The van der Waals surface area contributed by atoms with Gasteiger partial charge in [0.2, 0.25) is 5.91 Å². The fourth-order valence-corrected chi connectivity index (χ4v) is 2.95. The highest BCUT2D eigenvalue weighted by Gasteiger charge is 2.30. The number of benzene rings is 2. The Labute approximate surface area is 174 Å². The maximum atomic E-state index is 12.6. The smallest absolute Gasteiger partial charge is 0.416 e. The van der Waals surface area contributed by atoms with Crippen molar-refractivity contribution in [1.82, 2.24) is 5.32 Å². The van der Waals surface area contributed by atoms with Gasteiger partial charge >= 0.3 is 12.1 Å². The molecule has 0 fully saturated rings. The summed E-state index contributed by atoms with van der Waals surface area (Å²) in [6.45, 7) is 6.29. The van der Waals surface area contributed by atoms with Crippen molar-refractivity contribution in [2.45, 2.75) is 51.2 Å². The first-order valence-electron chi connectivity index (χ1n) is 9.53. The van der Waals surface area contributed by atoms with Crippen LogP contribution in [0.2, 0.25) is 0 Å². The summed E-state index contributed by atoms with van der Waals surface area (Å²) < 4.78 is 42.7. The van der Waals surface area contributed by atoms with E-state index in [2.05, 4.69) is 26.1 Å². The molecule has 1 atom stereocenters. The number of carbonyl (C=O) groups is 2. The SMILES string of the molecule is COC(=O)[C@@H](Cc1ccc(C(C)(C)C)cc1)NC(=O)Cc1ccc(C(F)(F)F)cc1. The van der Waals surface area contributed by atoms with Crippen molar-refractivity contribution in [3.8, 4) is 0 Å². The van der Waals surface area contributed by atoms with E-state index in [4.69, 9.17) is 4.74 Å². The number of rotatable bonds is 6. The van der Waals surface area contributed by atoms with E-state index >= 15 is 0 Å². The summed E-state index contributed by atoms with van der Waals surface area (Å²) in [4.78, 5) is 24.5. The Morgan fingerprint density at radius 2 is 1.40 bits per heavy atom. The number of methoxy groups -OCH3 is 1. The molecule has 0 aromatic heterocycles. The summed E-state index contributed by atoms with van der Waals surface area (Å²) in [7, 11) is 1.24. The highest BCUT2D eigenvalue weighted by Crippen LogP contribution is 2.29. The van der Waals surface area contributed by atoms with Gasteiger partial charge in [-0.2, -0.15) is 13.2 Å². The van der Waals surface area contributed by atoms with Gasteiger partial charge in [-0.3, -0.25) is 4.79 Å². The Morgan fingerprint density at radius 3 is 1.87 bits per heavy atom. The minimum atomic E-state index is -4.43. The van der Waals surface area contributed by atoms with Crippen LogP contribution in [0.5, 0.6) is 0 Å². The van der Waals surface area contributed by atoms with Crippen LogP contribution in [0.25, 0.3) is 0 Å². The molecule has 0 aliphatic heterocycles. The van der Waals surface area contributed by atoms with Crippen molar-refractivity contribution in [1.29, 1.82) is 0 Å². The Bertz CT molecular complexity index is 867. The van der Waals surface area contributed by atoms with Gasteiger partial charge in [0, 0.05) is 6.42 Å². The monoisotopic (exact) mass is 421 g/mol. The predicted octanol–water partition coefficient (Wildman–Crippen LogP) is 4.45. The van der Waals surface area contributed by atoms with E-state index in [0.29, 0.717) is 5.56 Å². The lowest BCUT2D eigenvalue weighted by Gasteiger charge is -2.20. The average molecular weight is 421 g/mol. The molecule has 0 aliphatic carbocycles. The first-order chi connectivity index (χ1) is 13.9. The number of hydrogen-bond donors (Lipinski definition) is 1. The Balaban J connectivity index is 2.05. The van der Waals surface area contributed by atoms with Crippen LogP contribution < -0.4 is 5.32 Å². The average Bonchev–Trinajstić information content (AvgIpc) is 2.66. The lowest BCUT2D eigenvalue weighted by atomic mass is 9.86. The van der Waals surface area contributed by atoms with Gasteiger partial charge in [0.25, 0.3) is 0 Å². The second-order valence-corrected chi connectivity index (χ2v) is 8.17. The van der Waals surface area contributed by atoms with E-state index in [1.807, 2.05) is 24.3 Å². The largest absolute Gasteiger partial charge is 0.467 e. The van der Waals surface area contributed by atoms with Gasteiger partial charge in [0.05, 0.1) is 19.1 Å². The van der Waals surface area contributed by atoms with Gasteiger partial charge < -0.3 is 10.1 Å². The number of nitrogens with one attached hydrogen (secondary N) is 1. The minimum absolute atomic E-state index is 0.00381. The molecular formula is C23H26F3NO3. The van der Waals surface area contributed by atoms with Gasteiger partial charge in [0.15, 0.2) is 0 Å². The zero-order valence-electron chi connectivity index (χ0n) is 17.5. The van der Waals surface area contributed by atoms with Crippen molar-refractivity contribution in [2.24, 2.45) is 0 Å². The van der Waals surface area contributed by atoms with Crippen LogP contribution in [0.4, 0.5) is 13.2 Å². The van der Waals surface area contributed by atoms with E-state index < -0.39 is 29.7 Å². The summed E-state index contributed by atoms with van der Waals surface area (Å²) in [6.07, 6.45) is -4.33. The summed E-state index contributed by atoms with van der Waals surface area (Å²) >= 11 is 0. The van der Waals surface area contributed by atoms with Gasteiger partial charge in [0.1, 0.15) is 6.04 Å². The first-order valence-corrected chi connectivity index (χ1v) is 9.53. The van der Waals surface area contributed by atoms with Gasteiger partial charge in [-0.25, -0.2) is 4.79 Å². The van der Waals surface area contributed by atoms with E-state index in [9.17, 15) is 22.8 Å². The molecule has 30 heavy (non-hydrogen) atoms. The molecule has 0 spiro atoms. The van der Waals surface area contributed by atoms with E-state index in [0.717, 1.165) is 23.3 Å². The lowest BCUT2D eigenvalue weighted by molar-refractivity contribution is -0.145. The third-order valence-corrected chi connectivity index (χ3v) is 4.73. The normalized spacial score (nSPS) is 12.9. The fraction of sp³-hybridized carbons (Fsp3) is 0.391. The first kappa shape index (κ1) is 23.4. The maximum Gasteiger partial charge on any atom is 0.416 e. The number of amides is 1. The third-order valence-electron chi connectivity index (χ3n) is 4.73. The lowest BCUT2D eigenvalue weighted by Crippen LogP contribution is -2.43. The van der Waals surface area contributed by atoms with Crippen molar-refractivity contribution in [3.05, 3.63) is 70.8 Å². The van der Waals surface area contributed by atoms with Crippen molar-refractivity contribution >= 4 is 11.9 Å². The minimum Gasteiger partial charge on any atom is -0.467 e. The second-order valence-electron chi connectivity index (χ2n) is 8.17. The molecule has 0 saturated carbocycles. The molecule has 0 saturated heterocycles. The number of ether oxygens (including phenoxy) is 1. The molecule has 0 radical (unpaired) electrons. The molecule has 1 amide bonds. The molecule has 4 nitrogen and oxygen atoms in total. The summed E-state index contributed by atoms with van der Waals surface area (Å²) in [5, 5.41) is 2.62. The molecule has 0 unspecified atom stereocenters. The second kappa shape index (κ2) is 9.32. The van der Waals surface area contributed by atoms with Crippen LogP contribution in [0.15, 0.2) is 48.5 Å².